The van der Waals surface area contributed by atoms with Crippen molar-refractivity contribution in [3.8, 4) is 5.75 Å². The third-order valence-corrected chi connectivity index (χ3v) is 6.69. The number of ether oxygens (including phenoxy) is 2. The number of rotatable bonds is 7. The molecule has 1 aliphatic heterocycles. The molecule has 9 nitrogen and oxygen atoms in total. The number of amides is 1. The molecule has 174 valence electrons. The first-order valence-corrected chi connectivity index (χ1v) is 12.1. The number of benzene rings is 3. The van der Waals surface area contributed by atoms with Crippen molar-refractivity contribution in [2.45, 2.75) is 4.90 Å². The van der Waals surface area contributed by atoms with Crippen LogP contribution in [0.25, 0.3) is 0 Å². The summed E-state index contributed by atoms with van der Waals surface area (Å²) in [5.41, 5.74) is 1.02. The SMILES string of the molecule is O=C1COc2ccc(C(=O)COC(=O)c3ccc(NS(=O)(=O)c4ccc(Br)cc4)cc3)cc2N1. The number of nitrogens with one attached hydrogen (secondary N) is 2. The average Bonchev–Trinajstić information content (AvgIpc) is 2.82. The lowest BCUT2D eigenvalue weighted by molar-refractivity contribution is -0.118. The molecule has 2 N–H and O–H groups in total. The highest BCUT2D eigenvalue weighted by Crippen LogP contribution is 2.28. The van der Waals surface area contributed by atoms with E-state index in [0.29, 0.717) is 11.4 Å². The Bertz CT molecular complexity index is 1370. The van der Waals surface area contributed by atoms with Gasteiger partial charge >= 0.3 is 5.97 Å². The zero-order valence-corrected chi connectivity index (χ0v) is 19.8. The van der Waals surface area contributed by atoms with Crippen LogP contribution in [0, 0.1) is 0 Å². The molecular weight excluding hydrogens is 528 g/mol. The van der Waals surface area contributed by atoms with Crippen LogP contribution >= 0.6 is 15.9 Å². The van der Waals surface area contributed by atoms with Crippen molar-refractivity contribution in [3.05, 3.63) is 82.3 Å². The highest BCUT2D eigenvalue weighted by atomic mass is 79.9. The van der Waals surface area contributed by atoms with E-state index in [1.54, 1.807) is 18.2 Å². The van der Waals surface area contributed by atoms with E-state index < -0.39 is 28.4 Å². The van der Waals surface area contributed by atoms with Gasteiger partial charge in [0, 0.05) is 15.7 Å². The fourth-order valence-electron chi connectivity index (χ4n) is 3.06. The number of hydrogen-bond acceptors (Lipinski definition) is 7. The number of Topliss-reactive ketones (excluding diaryl/α,β-unsaturated/α-hetero) is 1. The zero-order chi connectivity index (χ0) is 24.3. The Balaban J connectivity index is 1.36. The molecule has 3 aromatic carbocycles. The predicted octanol–water partition coefficient (Wildman–Crippen LogP) is 3.62. The molecule has 0 saturated carbocycles. The maximum atomic E-state index is 12.5. The van der Waals surface area contributed by atoms with Crippen molar-refractivity contribution >= 4 is 55.0 Å². The minimum absolute atomic E-state index is 0.0889. The van der Waals surface area contributed by atoms with E-state index >= 15 is 0 Å². The lowest BCUT2D eigenvalue weighted by Gasteiger charge is -2.18. The van der Waals surface area contributed by atoms with Crippen molar-refractivity contribution in [1.82, 2.24) is 0 Å². The average molecular weight is 545 g/mol. The number of halogens is 1. The van der Waals surface area contributed by atoms with Gasteiger partial charge in [-0.3, -0.25) is 14.3 Å². The van der Waals surface area contributed by atoms with Crippen LogP contribution in [0.2, 0.25) is 0 Å². The van der Waals surface area contributed by atoms with Crippen molar-refractivity contribution < 1.29 is 32.3 Å². The molecule has 34 heavy (non-hydrogen) atoms. The molecule has 1 amide bonds. The van der Waals surface area contributed by atoms with Crippen LogP contribution in [0.4, 0.5) is 11.4 Å². The largest absolute Gasteiger partial charge is 0.482 e. The van der Waals surface area contributed by atoms with Crippen LogP contribution in [-0.4, -0.2) is 39.3 Å². The molecule has 11 heteroatoms. The second-order valence-corrected chi connectivity index (χ2v) is 9.78. The summed E-state index contributed by atoms with van der Waals surface area (Å²) in [6, 6.07) is 16.3. The molecule has 0 spiro atoms. The lowest BCUT2D eigenvalue weighted by atomic mass is 10.1. The summed E-state index contributed by atoms with van der Waals surface area (Å²) in [7, 11) is -3.79. The van der Waals surface area contributed by atoms with Gasteiger partial charge in [-0.25, -0.2) is 13.2 Å². The Morgan fingerprint density at radius 2 is 1.68 bits per heavy atom. The summed E-state index contributed by atoms with van der Waals surface area (Å²) in [4.78, 5) is 36.2. The number of esters is 1. The molecule has 0 aliphatic carbocycles. The van der Waals surface area contributed by atoms with Gasteiger partial charge in [0.1, 0.15) is 5.75 Å². The third kappa shape index (κ3) is 5.43. The highest BCUT2D eigenvalue weighted by molar-refractivity contribution is 9.10. The van der Waals surface area contributed by atoms with Crippen LogP contribution in [0.15, 0.2) is 76.1 Å². The van der Waals surface area contributed by atoms with Gasteiger partial charge in [0.25, 0.3) is 15.9 Å². The molecule has 0 bridgehead atoms. The van der Waals surface area contributed by atoms with Crippen molar-refractivity contribution in [2.75, 3.05) is 23.3 Å². The number of hydrogen-bond donors (Lipinski definition) is 2. The Hall–Kier alpha value is -3.70. The number of carbonyl (C=O) groups excluding carboxylic acids is 3. The van der Waals surface area contributed by atoms with E-state index in [9.17, 15) is 22.8 Å². The quantitative estimate of drug-likeness (QED) is 0.343. The molecule has 4 rings (SSSR count). The zero-order valence-electron chi connectivity index (χ0n) is 17.4. The molecule has 1 aliphatic rings. The summed E-state index contributed by atoms with van der Waals surface area (Å²) < 4.78 is 38.4. The molecule has 1 heterocycles. The Morgan fingerprint density at radius 3 is 2.38 bits per heavy atom. The van der Waals surface area contributed by atoms with Gasteiger partial charge < -0.3 is 14.8 Å². The number of sulfonamides is 1. The van der Waals surface area contributed by atoms with Crippen LogP contribution in [0.3, 0.4) is 0 Å². The first kappa shape index (κ1) is 23.5. The van der Waals surface area contributed by atoms with Crippen molar-refractivity contribution in [2.24, 2.45) is 0 Å². The van der Waals surface area contributed by atoms with Gasteiger partial charge in [-0.1, -0.05) is 15.9 Å². The van der Waals surface area contributed by atoms with Gasteiger partial charge in [0.05, 0.1) is 16.1 Å². The number of anilines is 2. The molecule has 0 saturated heterocycles. The van der Waals surface area contributed by atoms with E-state index in [0.717, 1.165) is 4.47 Å². The first-order valence-electron chi connectivity index (χ1n) is 9.87. The van der Waals surface area contributed by atoms with Gasteiger partial charge in [0.2, 0.25) is 0 Å². The first-order chi connectivity index (χ1) is 16.2. The van der Waals surface area contributed by atoms with E-state index in [1.165, 1.54) is 48.5 Å². The third-order valence-electron chi connectivity index (χ3n) is 4.77. The highest BCUT2D eigenvalue weighted by Gasteiger charge is 2.19. The Morgan fingerprint density at radius 1 is 1.00 bits per heavy atom. The van der Waals surface area contributed by atoms with Crippen LogP contribution in [0.5, 0.6) is 5.75 Å². The fourth-order valence-corrected chi connectivity index (χ4v) is 4.38. The number of carbonyl (C=O) groups is 3. The summed E-state index contributed by atoms with van der Waals surface area (Å²) in [5, 5.41) is 2.61. The second-order valence-electron chi connectivity index (χ2n) is 7.18. The Kier molecular flexibility index (Phi) is 6.66. The molecule has 0 fully saturated rings. The number of ketones is 1. The normalized spacial score (nSPS) is 12.7. The smallest absolute Gasteiger partial charge is 0.338 e. The monoisotopic (exact) mass is 544 g/mol. The second kappa shape index (κ2) is 9.65. The van der Waals surface area contributed by atoms with E-state index in [1.807, 2.05) is 0 Å². The van der Waals surface area contributed by atoms with Gasteiger partial charge in [0.15, 0.2) is 19.0 Å². The van der Waals surface area contributed by atoms with E-state index in [4.69, 9.17) is 9.47 Å². The molecule has 0 radical (unpaired) electrons. The van der Waals surface area contributed by atoms with Gasteiger partial charge in [-0.2, -0.15) is 0 Å². The maximum Gasteiger partial charge on any atom is 0.338 e. The van der Waals surface area contributed by atoms with E-state index in [-0.39, 0.29) is 34.2 Å². The summed E-state index contributed by atoms with van der Waals surface area (Å²) >= 11 is 3.25. The molecule has 0 unspecified atom stereocenters. The predicted molar refractivity (Wildman–Crippen MR) is 127 cm³/mol. The van der Waals surface area contributed by atoms with Crippen molar-refractivity contribution in [3.63, 3.8) is 0 Å². The van der Waals surface area contributed by atoms with Crippen LogP contribution in [0.1, 0.15) is 20.7 Å². The Labute approximate surface area is 203 Å². The van der Waals surface area contributed by atoms with Crippen LogP contribution < -0.4 is 14.8 Å². The topological polar surface area (TPSA) is 128 Å². The maximum absolute atomic E-state index is 12.5. The minimum atomic E-state index is -3.79. The molecular formula is C23H17BrN2O7S. The molecule has 0 aromatic heterocycles. The van der Waals surface area contributed by atoms with Gasteiger partial charge in [-0.05, 0) is 66.7 Å². The molecule has 3 aromatic rings. The van der Waals surface area contributed by atoms with Crippen LogP contribution in [-0.2, 0) is 19.6 Å². The van der Waals surface area contributed by atoms with Gasteiger partial charge in [-0.15, -0.1) is 0 Å². The fraction of sp³-hybridized carbons (Fsp3) is 0.0870. The lowest BCUT2D eigenvalue weighted by Crippen LogP contribution is -2.25. The number of fused-ring (bicyclic) bond motifs is 1. The minimum Gasteiger partial charge on any atom is -0.482 e. The summed E-state index contributed by atoms with van der Waals surface area (Å²) in [5.74, 6) is -1.09. The standard InChI is InChI=1S/C23H17BrN2O7S/c24-16-4-8-18(9-5-16)34(30,31)26-17-6-1-14(2-7-17)23(29)33-12-20(27)15-3-10-21-19(11-15)25-22(28)13-32-21/h1-11,26H,12-13H2,(H,25,28). The molecule has 0 atom stereocenters. The summed E-state index contributed by atoms with van der Waals surface area (Å²) in [6.07, 6.45) is 0. The van der Waals surface area contributed by atoms with Crippen molar-refractivity contribution in [1.29, 1.82) is 0 Å². The van der Waals surface area contributed by atoms with E-state index in [2.05, 4.69) is 26.0 Å². The summed E-state index contributed by atoms with van der Waals surface area (Å²) in [6.45, 7) is -0.604.